The third-order valence-electron chi connectivity index (χ3n) is 4.08. The van der Waals surface area contributed by atoms with Crippen molar-refractivity contribution in [3.05, 3.63) is 42.5 Å². The second kappa shape index (κ2) is 6.60. The summed E-state index contributed by atoms with van der Waals surface area (Å²) in [5.74, 6) is 0.834. The number of hydrogen-bond acceptors (Lipinski definition) is 4. The van der Waals surface area contributed by atoms with E-state index in [1.807, 2.05) is 30.3 Å². The van der Waals surface area contributed by atoms with Gasteiger partial charge in [-0.2, -0.15) is 0 Å². The lowest BCUT2D eigenvalue weighted by Crippen LogP contribution is -2.47. The zero-order valence-corrected chi connectivity index (χ0v) is 12.4. The Kier molecular flexibility index (Phi) is 4.58. The highest BCUT2D eigenvalue weighted by Crippen LogP contribution is 2.34. The summed E-state index contributed by atoms with van der Waals surface area (Å²) in [6, 6.07) is 7.80. The first kappa shape index (κ1) is 14.6. The highest BCUT2D eigenvalue weighted by Gasteiger charge is 2.38. The van der Waals surface area contributed by atoms with Crippen LogP contribution in [-0.4, -0.2) is 32.0 Å². The van der Waals surface area contributed by atoms with E-state index in [1.54, 1.807) is 7.11 Å². The fourth-order valence-electron chi connectivity index (χ4n) is 2.92. The topological polar surface area (TPSA) is 36.9 Å². The van der Waals surface area contributed by atoms with Crippen LogP contribution in [0.2, 0.25) is 0 Å². The summed E-state index contributed by atoms with van der Waals surface area (Å²) in [5.41, 5.74) is 1.02. The zero-order valence-electron chi connectivity index (χ0n) is 12.4. The first-order valence-electron chi connectivity index (χ1n) is 7.47. The molecular formula is C17H22O4. The molecule has 0 saturated carbocycles. The van der Waals surface area contributed by atoms with Crippen LogP contribution in [0.4, 0.5) is 0 Å². The average Bonchev–Trinajstić information content (AvgIpc) is 2.55. The van der Waals surface area contributed by atoms with E-state index in [-0.39, 0.29) is 24.6 Å². The van der Waals surface area contributed by atoms with Crippen LogP contribution in [-0.2, 0) is 14.2 Å². The monoisotopic (exact) mass is 290 g/mol. The van der Waals surface area contributed by atoms with Crippen molar-refractivity contribution in [1.29, 1.82) is 0 Å². The number of methoxy groups -OCH3 is 1. The van der Waals surface area contributed by atoms with Crippen LogP contribution < -0.4 is 4.74 Å². The molecule has 4 atom stereocenters. The molecule has 2 fully saturated rings. The summed E-state index contributed by atoms with van der Waals surface area (Å²) >= 11 is 0. The van der Waals surface area contributed by atoms with Gasteiger partial charge in [0.25, 0.3) is 0 Å². The number of benzene rings is 1. The molecule has 2 aliphatic heterocycles. The summed E-state index contributed by atoms with van der Waals surface area (Å²) in [7, 11) is 1.66. The van der Waals surface area contributed by atoms with Crippen LogP contribution in [0.15, 0.2) is 36.9 Å². The molecule has 114 valence electrons. The fourth-order valence-corrected chi connectivity index (χ4v) is 2.92. The lowest BCUT2D eigenvalue weighted by molar-refractivity contribution is -0.287. The van der Waals surface area contributed by atoms with Gasteiger partial charge in [0.15, 0.2) is 6.29 Å². The molecule has 0 aliphatic carbocycles. The highest BCUT2D eigenvalue weighted by molar-refractivity contribution is 5.28. The minimum Gasteiger partial charge on any atom is -0.497 e. The molecule has 21 heavy (non-hydrogen) atoms. The molecule has 4 heteroatoms. The van der Waals surface area contributed by atoms with Crippen molar-refractivity contribution < 1.29 is 18.9 Å². The summed E-state index contributed by atoms with van der Waals surface area (Å²) in [5, 5.41) is 0. The largest absolute Gasteiger partial charge is 0.497 e. The van der Waals surface area contributed by atoms with Crippen molar-refractivity contribution in [1.82, 2.24) is 0 Å². The van der Waals surface area contributed by atoms with Crippen molar-refractivity contribution in [3.63, 3.8) is 0 Å². The molecule has 0 aromatic heterocycles. The van der Waals surface area contributed by atoms with Crippen molar-refractivity contribution in [2.24, 2.45) is 0 Å². The van der Waals surface area contributed by atoms with Crippen molar-refractivity contribution in [2.45, 2.75) is 43.9 Å². The van der Waals surface area contributed by atoms with Crippen molar-refractivity contribution in [3.8, 4) is 5.75 Å². The van der Waals surface area contributed by atoms with Crippen LogP contribution in [0.1, 0.15) is 31.1 Å². The maximum atomic E-state index is 6.06. The van der Waals surface area contributed by atoms with Gasteiger partial charge in [-0.15, -0.1) is 6.58 Å². The molecule has 0 spiro atoms. The Hall–Kier alpha value is -1.36. The Morgan fingerprint density at radius 1 is 1.19 bits per heavy atom. The van der Waals surface area contributed by atoms with E-state index in [9.17, 15) is 0 Å². The molecule has 3 rings (SSSR count). The zero-order chi connectivity index (χ0) is 14.7. The summed E-state index contributed by atoms with van der Waals surface area (Å²) < 4.78 is 23.1. The summed E-state index contributed by atoms with van der Waals surface area (Å²) in [6.45, 7) is 4.35. The molecule has 2 heterocycles. The molecule has 1 aromatic rings. The minimum absolute atomic E-state index is 0.0400. The first-order chi connectivity index (χ1) is 10.3. The average molecular weight is 290 g/mol. The van der Waals surface area contributed by atoms with Gasteiger partial charge in [-0.25, -0.2) is 0 Å². The Labute approximate surface area is 125 Å². The van der Waals surface area contributed by atoms with Gasteiger partial charge < -0.3 is 18.9 Å². The summed E-state index contributed by atoms with van der Waals surface area (Å²) in [4.78, 5) is 0. The molecule has 0 bridgehead atoms. The molecule has 1 aromatic carbocycles. The number of ether oxygens (including phenoxy) is 4. The molecular weight excluding hydrogens is 268 g/mol. The Bertz CT molecular complexity index is 470. The van der Waals surface area contributed by atoms with Crippen molar-refractivity contribution >= 4 is 0 Å². The quantitative estimate of drug-likeness (QED) is 0.798. The lowest BCUT2D eigenvalue weighted by Gasteiger charge is -2.42. The first-order valence-corrected chi connectivity index (χ1v) is 7.47. The van der Waals surface area contributed by atoms with E-state index < -0.39 is 0 Å². The van der Waals surface area contributed by atoms with Gasteiger partial charge in [0.1, 0.15) is 11.9 Å². The third-order valence-corrected chi connectivity index (χ3v) is 4.08. The summed E-state index contributed by atoms with van der Waals surface area (Å²) in [6.07, 6.45) is 4.94. The Morgan fingerprint density at radius 3 is 2.71 bits per heavy atom. The van der Waals surface area contributed by atoms with E-state index in [2.05, 4.69) is 6.58 Å². The number of fused-ring (bicyclic) bond motifs is 1. The van der Waals surface area contributed by atoms with E-state index >= 15 is 0 Å². The van der Waals surface area contributed by atoms with Gasteiger partial charge in [0.2, 0.25) is 0 Å². The normalized spacial score (nSPS) is 32.2. The maximum Gasteiger partial charge on any atom is 0.184 e. The van der Waals surface area contributed by atoms with Crippen LogP contribution in [0.3, 0.4) is 0 Å². The molecule has 2 saturated heterocycles. The van der Waals surface area contributed by atoms with Crippen LogP contribution >= 0.6 is 0 Å². The van der Waals surface area contributed by atoms with E-state index in [0.717, 1.165) is 30.6 Å². The van der Waals surface area contributed by atoms with Gasteiger partial charge in [-0.05, 0) is 31.4 Å². The van der Waals surface area contributed by atoms with Gasteiger partial charge >= 0.3 is 0 Å². The van der Waals surface area contributed by atoms with E-state index in [1.165, 1.54) is 0 Å². The maximum absolute atomic E-state index is 6.06. The Morgan fingerprint density at radius 2 is 2.00 bits per heavy atom. The van der Waals surface area contributed by atoms with Crippen molar-refractivity contribution in [2.75, 3.05) is 13.7 Å². The number of hydrogen-bond donors (Lipinski definition) is 0. The Balaban J connectivity index is 1.61. The smallest absolute Gasteiger partial charge is 0.184 e. The van der Waals surface area contributed by atoms with Crippen LogP contribution in [0.5, 0.6) is 5.75 Å². The number of rotatable bonds is 4. The lowest BCUT2D eigenvalue weighted by atomic mass is 9.98. The molecule has 0 radical (unpaired) electrons. The van der Waals surface area contributed by atoms with Gasteiger partial charge in [0, 0.05) is 5.56 Å². The van der Waals surface area contributed by atoms with Gasteiger partial charge in [-0.3, -0.25) is 0 Å². The highest BCUT2D eigenvalue weighted by atomic mass is 16.7. The predicted octanol–water partition coefficient (Wildman–Crippen LogP) is 3.23. The second-order valence-corrected chi connectivity index (χ2v) is 5.51. The molecule has 0 amide bonds. The minimum atomic E-state index is -0.309. The molecule has 4 nitrogen and oxygen atoms in total. The fraction of sp³-hybridized carbons (Fsp3) is 0.529. The predicted molar refractivity (Wildman–Crippen MR) is 79.3 cm³/mol. The molecule has 0 N–H and O–H groups in total. The second-order valence-electron chi connectivity index (χ2n) is 5.51. The van der Waals surface area contributed by atoms with E-state index in [4.69, 9.17) is 18.9 Å². The van der Waals surface area contributed by atoms with Crippen LogP contribution in [0, 0.1) is 0 Å². The van der Waals surface area contributed by atoms with Gasteiger partial charge in [0.05, 0.1) is 25.9 Å². The third kappa shape index (κ3) is 3.28. The standard InChI is InChI=1S/C17H22O4/c1-3-4-14-9-10-15-16(20-14)11-19-17(21-15)12-5-7-13(18-2)8-6-12/h3,5-8,14-17H,1,4,9-11H2,2H3/t14-,15+,16-,17?/m1/s1. The SMILES string of the molecule is C=CC[C@@H]1CC[C@@H]2OC(c3ccc(OC)cc3)OC[C@H]2O1. The van der Waals surface area contributed by atoms with Gasteiger partial charge in [-0.1, -0.05) is 18.2 Å². The molecule has 2 aliphatic rings. The van der Waals surface area contributed by atoms with E-state index in [0.29, 0.717) is 6.61 Å². The molecule has 1 unspecified atom stereocenters. The van der Waals surface area contributed by atoms with Crippen LogP contribution in [0.25, 0.3) is 0 Å².